The van der Waals surface area contributed by atoms with Crippen molar-refractivity contribution >= 4 is 27.3 Å². The van der Waals surface area contributed by atoms with E-state index in [1.165, 1.54) is 26.9 Å². The van der Waals surface area contributed by atoms with Gasteiger partial charge in [0, 0.05) is 10.1 Å². The van der Waals surface area contributed by atoms with Crippen molar-refractivity contribution in [3.8, 4) is 11.4 Å². The minimum absolute atomic E-state index is 0.0276. The van der Waals surface area contributed by atoms with E-state index in [0.29, 0.717) is 10.6 Å². The Kier molecular flexibility index (Phi) is 5.50. The number of rotatable bonds is 7. The van der Waals surface area contributed by atoms with Crippen molar-refractivity contribution in [2.45, 2.75) is 12.6 Å². The number of para-hydroxylation sites is 1. The molecule has 0 saturated carbocycles. The minimum Gasteiger partial charge on any atom is -0.483 e. The maximum absolute atomic E-state index is 13.1. The van der Waals surface area contributed by atoms with Crippen LogP contribution in [0.15, 0.2) is 96.1 Å². The van der Waals surface area contributed by atoms with Crippen LogP contribution in [0.1, 0.15) is 16.5 Å². The first-order valence-corrected chi connectivity index (χ1v) is 11.2. The lowest BCUT2D eigenvalue weighted by atomic mass is 10.1. The largest absolute Gasteiger partial charge is 0.483 e. The highest BCUT2D eigenvalue weighted by atomic mass is 32.1. The van der Waals surface area contributed by atoms with Gasteiger partial charge in [-0.25, -0.2) is 14.0 Å². The number of benzene rings is 3. The molecule has 3 aromatic carbocycles. The summed E-state index contributed by atoms with van der Waals surface area (Å²) in [6.45, 7) is 0.239. The Morgan fingerprint density at radius 1 is 1.03 bits per heavy atom. The van der Waals surface area contributed by atoms with Gasteiger partial charge in [0.2, 0.25) is 0 Å². The molecule has 2 heterocycles. The van der Waals surface area contributed by atoms with Gasteiger partial charge in [-0.05, 0) is 35.9 Å². The number of hydrogen-bond acceptors (Lipinski definition) is 5. The Labute approximate surface area is 193 Å². The Morgan fingerprint density at radius 2 is 1.76 bits per heavy atom. The highest BCUT2D eigenvalue weighted by molar-refractivity contribution is 7.20. The van der Waals surface area contributed by atoms with E-state index in [1.807, 2.05) is 84.9 Å². The molecule has 164 valence electrons. The van der Waals surface area contributed by atoms with Crippen molar-refractivity contribution in [1.82, 2.24) is 14.3 Å². The first kappa shape index (κ1) is 20.7. The van der Waals surface area contributed by atoms with Crippen LogP contribution in [-0.2, 0) is 6.54 Å². The summed E-state index contributed by atoms with van der Waals surface area (Å²) in [6.07, 6.45) is 1.08. The molecule has 0 saturated heterocycles. The molecule has 0 spiro atoms. The van der Waals surface area contributed by atoms with E-state index in [2.05, 4.69) is 5.10 Å². The fraction of sp³-hybridized carbons (Fsp3) is 0.0800. The van der Waals surface area contributed by atoms with Gasteiger partial charge in [0.25, 0.3) is 0 Å². The van der Waals surface area contributed by atoms with Crippen molar-refractivity contribution in [2.24, 2.45) is 5.73 Å². The highest BCUT2D eigenvalue weighted by Crippen LogP contribution is 2.35. The maximum Gasteiger partial charge on any atom is 0.350 e. The summed E-state index contributed by atoms with van der Waals surface area (Å²) < 4.78 is 10.4. The van der Waals surface area contributed by atoms with Crippen LogP contribution in [0.25, 0.3) is 15.8 Å². The number of thiophene rings is 1. The fourth-order valence-corrected chi connectivity index (χ4v) is 4.63. The number of fused-ring (bicyclic) bond motifs is 1. The summed E-state index contributed by atoms with van der Waals surface area (Å²) in [6, 6.07) is 26.8. The van der Waals surface area contributed by atoms with Gasteiger partial charge in [-0.1, -0.05) is 54.6 Å². The number of nitrogen functional groups attached to an aromatic ring is 1. The van der Waals surface area contributed by atoms with Crippen LogP contribution >= 0.6 is 11.3 Å². The van der Waals surface area contributed by atoms with E-state index in [-0.39, 0.29) is 18.1 Å². The third-order valence-electron chi connectivity index (χ3n) is 5.33. The van der Waals surface area contributed by atoms with Gasteiger partial charge >= 0.3 is 5.69 Å². The van der Waals surface area contributed by atoms with Crippen LogP contribution in [0.2, 0.25) is 0 Å². The number of ether oxygens (including phenoxy) is 1. The second kappa shape index (κ2) is 8.76. The number of nitrogens with one attached hydrogen (secondary N) is 1. The Hall–Kier alpha value is -4.17. The lowest BCUT2D eigenvalue weighted by Crippen LogP contribution is -2.28. The molecule has 0 aliphatic carbocycles. The second-order valence-corrected chi connectivity index (χ2v) is 8.59. The van der Waals surface area contributed by atoms with E-state index in [4.69, 9.17) is 15.9 Å². The minimum atomic E-state index is -0.450. The number of amidine groups is 1. The van der Waals surface area contributed by atoms with E-state index < -0.39 is 6.10 Å². The quantitative estimate of drug-likeness (QED) is 0.281. The zero-order chi connectivity index (χ0) is 22.8. The predicted molar refractivity (Wildman–Crippen MR) is 130 cm³/mol. The molecule has 0 fully saturated rings. The van der Waals surface area contributed by atoms with Gasteiger partial charge in [-0.15, -0.1) is 11.3 Å². The summed E-state index contributed by atoms with van der Waals surface area (Å²) >= 11 is 1.45. The van der Waals surface area contributed by atoms with Crippen molar-refractivity contribution in [1.29, 1.82) is 5.41 Å². The lowest BCUT2D eigenvalue weighted by Gasteiger charge is -2.20. The van der Waals surface area contributed by atoms with Gasteiger partial charge in [-0.2, -0.15) is 5.10 Å². The normalized spacial score (nSPS) is 12.0. The third-order valence-corrected chi connectivity index (χ3v) is 6.47. The molecule has 7 nitrogen and oxygen atoms in total. The molecule has 0 bridgehead atoms. The second-order valence-electron chi connectivity index (χ2n) is 7.51. The number of nitrogens with two attached hydrogens (primary N) is 1. The topological polar surface area (TPSA) is 98.9 Å². The molecular weight excluding hydrogens is 434 g/mol. The standard InChI is InChI=1S/C25H21N5O2S/c26-24(27)23-14-19-20(12-7-13-22(19)33-23)32-21(17-8-3-1-4-9-17)15-30-25(31)29(16-28-30)18-10-5-2-6-11-18/h1-14,16,21H,15H2,(H3,26,27). The maximum atomic E-state index is 13.1. The summed E-state index contributed by atoms with van der Waals surface area (Å²) in [7, 11) is 0. The third kappa shape index (κ3) is 4.16. The summed E-state index contributed by atoms with van der Waals surface area (Å²) in [5.74, 6) is 0.695. The molecule has 1 atom stereocenters. The molecule has 1 unspecified atom stereocenters. The smallest absolute Gasteiger partial charge is 0.350 e. The molecule has 5 aromatic rings. The summed E-state index contributed by atoms with van der Waals surface area (Å²) in [5, 5.41) is 13.0. The van der Waals surface area contributed by atoms with Crippen LogP contribution in [0.3, 0.4) is 0 Å². The monoisotopic (exact) mass is 455 g/mol. The average molecular weight is 456 g/mol. The van der Waals surface area contributed by atoms with Gasteiger partial charge in [0.05, 0.1) is 17.1 Å². The van der Waals surface area contributed by atoms with Crippen LogP contribution in [0, 0.1) is 5.41 Å². The molecule has 8 heteroatoms. The highest BCUT2D eigenvalue weighted by Gasteiger charge is 2.19. The van der Waals surface area contributed by atoms with Crippen molar-refractivity contribution in [3.63, 3.8) is 0 Å². The summed E-state index contributed by atoms with van der Waals surface area (Å²) in [4.78, 5) is 13.7. The molecule has 33 heavy (non-hydrogen) atoms. The first-order valence-electron chi connectivity index (χ1n) is 10.4. The van der Waals surface area contributed by atoms with Gasteiger partial charge in [-0.3, -0.25) is 5.41 Å². The molecule has 0 radical (unpaired) electrons. The molecule has 0 amide bonds. The number of hydrogen-bond donors (Lipinski definition) is 2. The first-order chi connectivity index (χ1) is 16.1. The molecule has 0 aliphatic rings. The van der Waals surface area contributed by atoms with Gasteiger partial charge < -0.3 is 10.5 Å². The van der Waals surface area contributed by atoms with Crippen molar-refractivity contribution in [3.05, 3.63) is 112 Å². The molecule has 2 aromatic heterocycles. The predicted octanol–water partition coefficient (Wildman–Crippen LogP) is 4.35. The molecule has 5 rings (SSSR count). The van der Waals surface area contributed by atoms with Gasteiger partial charge in [0.15, 0.2) is 0 Å². The zero-order valence-electron chi connectivity index (χ0n) is 17.6. The lowest BCUT2D eigenvalue weighted by molar-refractivity contribution is 0.178. The molecule has 3 N–H and O–H groups in total. The van der Waals surface area contributed by atoms with E-state index in [1.54, 1.807) is 0 Å². The van der Waals surface area contributed by atoms with Crippen molar-refractivity contribution in [2.75, 3.05) is 0 Å². The van der Waals surface area contributed by atoms with Crippen LogP contribution in [0.5, 0.6) is 5.75 Å². The summed E-state index contributed by atoms with van der Waals surface area (Å²) in [5.41, 5.74) is 7.14. The van der Waals surface area contributed by atoms with E-state index in [0.717, 1.165) is 21.3 Å². The average Bonchev–Trinajstić information content (AvgIpc) is 3.44. The van der Waals surface area contributed by atoms with E-state index >= 15 is 0 Å². The van der Waals surface area contributed by atoms with Crippen LogP contribution in [0.4, 0.5) is 0 Å². The van der Waals surface area contributed by atoms with Crippen molar-refractivity contribution < 1.29 is 4.74 Å². The zero-order valence-corrected chi connectivity index (χ0v) is 18.4. The number of aromatic nitrogens is 3. The SMILES string of the molecule is N=C(N)c1cc2c(OC(Cn3ncn(-c4ccccc4)c3=O)c3ccccc3)cccc2s1. The van der Waals surface area contributed by atoms with E-state index in [9.17, 15) is 4.79 Å². The van der Waals surface area contributed by atoms with Crippen LogP contribution < -0.4 is 16.2 Å². The Bertz CT molecular complexity index is 1470. The number of nitrogens with zero attached hydrogens (tertiary/aromatic N) is 3. The van der Waals surface area contributed by atoms with Crippen LogP contribution in [-0.4, -0.2) is 20.2 Å². The molecule has 0 aliphatic heterocycles. The fourth-order valence-electron chi connectivity index (χ4n) is 3.69. The Balaban J connectivity index is 1.51. The van der Waals surface area contributed by atoms with Gasteiger partial charge in [0.1, 0.15) is 24.0 Å². The molecular formula is C25H21N5O2S. The Morgan fingerprint density at radius 3 is 2.48 bits per heavy atom.